The van der Waals surface area contributed by atoms with Crippen LogP contribution in [0.4, 0.5) is 0 Å². The molecule has 1 amide bonds. The molecule has 35 heavy (non-hydrogen) atoms. The first kappa shape index (κ1) is 25.7. The molecule has 0 radical (unpaired) electrons. The first-order valence-electron chi connectivity index (χ1n) is 10.6. The normalized spacial score (nSPS) is 11.4. The van der Waals surface area contributed by atoms with Gasteiger partial charge >= 0.3 is 0 Å². The number of ether oxygens (including phenoxy) is 3. The lowest BCUT2D eigenvalue weighted by Crippen LogP contribution is -2.36. The third-order valence-corrected chi connectivity index (χ3v) is 6.78. The van der Waals surface area contributed by atoms with E-state index in [2.05, 4.69) is 10.5 Å². The monoisotopic (exact) mass is 497 g/mol. The van der Waals surface area contributed by atoms with Gasteiger partial charge in [-0.3, -0.25) is 4.79 Å². The molecule has 3 aromatic carbocycles. The largest absolute Gasteiger partial charge is 0.497 e. The minimum atomic E-state index is -4.02. The topological polar surface area (TPSA) is 107 Å². The molecular formula is C25H27N3O6S. The first-order chi connectivity index (χ1) is 16.8. The lowest BCUT2D eigenvalue weighted by molar-refractivity contribution is -0.121. The van der Waals surface area contributed by atoms with Crippen molar-refractivity contribution in [3.63, 3.8) is 0 Å². The minimum absolute atomic E-state index is 0.104. The highest BCUT2D eigenvalue weighted by atomic mass is 32.2. The fourth-order valence-corrected chi connectivity index (χ4v) is 4.34. The summed E-state index contributed by atoms with van der Waals surface area (Å²) in [6.45, 7) is 0.0225. The van der Waals surface area contributed by atoms with Gasteiger partial charge in [0.2, 0.25) is 10.0 Å². The summed E-state index contributed by atoms with van der Waals surface area (Å²) < 4.78 is 42.8. The minimum Gasteiger partial charge on any atom is -0.497 e. The van der Waals surface area contributed by atoms with Crippen molar-refractivity contribution in [3.05, 3.63) is 83.9 Å². The van der Waals surface area contributed by atoms with E-state index >= 15 is 0 Å². The maximum atomic E-state index is 12.9. The maximum absolute atomic E-state index is 12.9. The quantitative estimate of drug-likeness (QED) is 0.322. The van der Waals surface area contributed by atoms with E-state index in [-0.39, 0.29) is 10.6 Å². The third-order valence-electron chi connectivity index (χ3n) is 4.96. The van der Waals surface area contributed by atoms with E-state index in [0.29, 0.717) is 18.1 Å². The summed E-state index contributed by atoms with van der Waals surface area (Å²) in [6, 6.07) is 21.4. The second kappa shape index (κ2) is 12.0. The molecule has 0 spiro atoms. The second-order valence-corrected chi connectivity index (χ2v) is 9.43. The Bertz CT molecular complexity index is 1260. The van der Waals surface area contributed by atoms with Crippen LogP contribution in [0.1, 0.15) is 11.1 Å². The Hall–Kier alpha value is -3.89. The van der Waals surface area contributed by atoms with E-state index in [1.54, 1.807) is 30.3 Å². The highest BCUT2D eigenvalue weighted by Crippen LogP contribution is 2.30. The molecule has 0 saturated carbocycles. The fraction of sp³-hybridized carbons (Fsp3) is 0.200. The van der Waals surface area contributed by atoms with Crippen LogP contribution >= 0.6 is 0 Å². The molecule has 3 aromatic rings. The van der Waals surface area contributed by atoms with Crippen LogP contribution in [0.25, 0.3) is 0 Å². The Morgan fingerprint density at radius 2 is 1.66 bits per heavy atom. The number of hydrogen-bond acceptors (Lipinski definition) is 7. The lowest BCUT2D eigenvalue weighted by atomic mass is 10.2. The van der Waals surface area contributed by atoms with Crippen molar-refractivity contribution in [3.8, 4) is 17.2 Å². The van der Waals surface area contributed by atoms with Crippen LogP contribution in [0.5, 0.6) is 17.2 Å². The molecule has 0 fully saturated rings. The van der Waals surface area contributed by atoms with Gasteiger partial charge in [0, 0.05) is 13.1 Å². The highest BCUT2D eigenvalue weighted by Gasteiger charge is 2.27. The Morgan fingerprint density at radius 3 is 2.31 bits per heavy atom. The molecule has 9 nitrogen and oxygen atoms in total. The number of benzene rings is 3. The summed E-state index contributed by atoms with van der Waals surface area (Å²) in [5.74, 6) is 0.599. The highest BCUT2D eigenvalue weighted by molar-refractivity contribution is 7.89. The summed E-state index contributed by atoms with van der Waals surface area (Å²) >= 11 is 0. The molecule has 10 heteroatoms. The number of sulfonamides is 1. The van der Waals surface area contributed by atoms with Crippen molar-refractivity contribution in [1.29, 1.82) is 0 Å². The van der Waals surface area contributed by atoms with E-state index in [9.17, 15) is 13.2 Å². The average Bonchev–Trinajstić information content (AvgIpc) is 2.88. The average molecular weight is 498 g/mol. The maximum Gasteiger partial charge on any atom is 0.255 e. The van der Waals surface area contributed by atoms with Crippen LogP contribution < -0.4 is 19.6 Å². The van der Waals surface area contributed by atoms with Gasteiger partial charge in [0.1, 0.15) is 28.8 Å². The van der Waals surface area contributed by atoms with Crippen LogP contribution in [0.15, 0.2) is 82.8 Å². The van der Waals surface area contributed by atoms with E-state index in [0.717, 1.165) is 15.4 Å². The third kappa shape index (κ3) is 7.05. The summed E-state index contributed by atoms with van der Waals surface area (Å²) in [5.41, 5.74) is 4.14. The van der Waals surface area contributed by atoms with Crippen molar-refractivity contribution in [2.45, 2.75) is 11.5 Å². The molecule has 184 valence electrons. The zero-order chi connectivity index (χ0) is 25.3. The number of nitrogens with zero attached hydrogens (tertiary/aromatic N) is 2. The van der Waals surface area contributed by atoms with Crippen LogP contribution in [0.2, 0.25) is 0 Å². The molecular weight excluding hydrogens is 470 g/mol. The number of hydrazone groups is 1. The van der Waals surface area contributed by atoms with Crippen molar-refractivity contribution < 1.29 is 27.4 Å². The zero-order valence-electron chi connectivity index (χ0n) is 19.7. The van der Waals surface area contributed by atoms with E-state index in [1.807, 2.05) is 30.3 Å². The van der Waals surface area contributed by atoms with Crippen LogP contribution in [-0.2, 0) is 21.4 Å². The molecule has 0 aliphatic heterocycles. The number of amides is 1. The van der Waals surface area contributed by atoms with Crippen molar-refractivity contribution >= 4 is 22.1 Å². The fourth-order valence-electron chi connectivity index (χ4n) is 3.05. The van der Waals surface area contributed by atoms with Gasteiger partial charge in [0.05, 0.1) is 27.0 Å². The summed E-state index contributed by atoms with van der Waals surface area (Å²) in [6.07, 6.45) is 1.46. The number of methoxy groups -OCH3 is 2. The standard InChI is InChI=1S/C25H27N3O6S/c1-28(35(30,31)24-15-22(32-2)13-14-23(24)33-3)17-25(29)27-26-16-19-9-11-21(12-10-19)34-18-20-7-5-4-6-8-20/h4-16H,17-18H2,1-3H3,(H,27,29)/b26-16+. The molecule has 0 saturated heterocycles. The summed E-state index contributed by atoms with van der Waals surface area (Å²) in [4.78, 5) is 12.2. The lowest BCUT2D eigenvalue weighted by Gasteiger charge is -2.18. The van der Waals surface area contributed by atoms with Crippen LogP contribution in [0, 0.1) is 0 Å². The van der Waals surface area contributed by atoms with Gasteiger partial charge < -0.3 is 14.2 Å². The van der Waals surface area contributed by atoms with Crippen LogP contribution in [0.3, 0.4) is 0 Å². The number of hydrogen-bond donors (Lipinski definition) is 1. The van der Waals surface area contributed by atoms with Crippen molar-refractivity contribution in [2.75, 3.05) is 27.8 Å². The van der Waals surface area contributed by atoms with Crippen molar-refractivity contribution in [1.82, 2.24) is 9.73 Å². The molecule has 1 N–H and O–H groups in total. The molecule has 0 aliphatic rings. The van der Waals surface area contributed by atoms with E-state index in [1.165, 1.54) is 39.6 Å². The Morgan fingerprint density at radius 1 is 0.971 bits per heavy atom. The van der Waals surface area contributed by atoms with Crippen molar-refractivity contribution in [2.24, 2.45) is 5.10 Å². The number of carbonyl (C=O) groups is 1. The molecule has 0 aromatic heterocycles. The van der Waals surface area contributed by atoms with Gasteiger partial charge in [0.25, 0.3) is 5.91 Å². The Labute approximate surface area is 205 Å². The Balaban J connectivity index is 1.54. The number of nitrogens with one attached hydrogen (secondary N) is 1. The van der Waals surface area contributed by atoms with Gasteiger partial charge in [0.15, 0.2) is 0 Å². The molecule has 0 bridgehead atoms. The number of rotatable bonds is 11. The van der Waals surface area contributed by atoms with Gasteiger partial charge in [-0.25, -0.2) is 13.8 Å². The van der Waals surface area contributed by atoms with Gasteiger partial charge in [-0.05, 0) is 47.5 Å². The molecule has 0 aliphatic carbocycles. The van der Waals surface area contributed by atoms with Crippen LogP contribution in [-0.4, -0.2) is 52.7 Å². The zero-order valence-corrected chi connectivity index (χ0v) is 20.5. The molecule has 0 atom stereocenters. The predicted molar refractivity (Wildman–Crippen MR) is 132 cm³/mol. The molecule has 0 unspecified atom stereocenters. The molecule has 3 rings (SSSR count). The predicted octanol–water partition coefficient (Wildman–Crippen LogP) is 3.05. The van der Waals surface area contributed by atoms with Gasteiger partial charge in [-0.2, -0.15) is 9.41 Å². The summed E-state index contributed by atoms with van der Waals surface area (Å²) in [5, 5.41) is 3.90. The Kier molecular flexibility index (Phi) is 8.82. The number of likely N-dealkylation sites (N-methyl/N-ethyl adjacent to an activating group) is 1. The summed E-state index contributed by atoms with van der Waals surface area (Å²) in [7, 11) is 0.0766. The van der Waals surface area contributed by atoms with E-state index < -0.39 is 22.5 Å². The van der Waals surface area contributed by atoms with E-state index in [4.69, 9.17) is 14.2 Å². The SMILES string of the molecule is COc1ccc(OC)c(S(=O)(=O)N(C)CC(=O)N/N=C/c2ccc(OCc3ccccc3)cc2)c1. The van der Waals surface area contributed by atoms with Gasteiger partial charge in [-0.15, -0.1) is 0 Å². The number of carbonyl (C=O) groups excluding carboxylic acids is 1. The molecule has 0 heterocycles. The smallest absolute Gasteiger partial charge is 0.255 e. The first-order valence-corrected chi connectivity index (χ1v) is 12.0. The van der Waals surface area contributed by atoms with Gasteiger partial charge in [-0.1, -0.05) is 30.3 Å². The second-order valence-electron chi connectivity index (χ2n) is 7.41.